The summed E-state index contributed by atoms with van der Waals surface area (Å²) in [6, 6.07) is 31.2. The van der Waals surface area contributed by atoms with E-state index in [2.05, 4.69) is 527 Å². The van der Waals surface area contributed by atoms with Crippen molar-refractivity contribution in [3.63, 3.8) is 0 Å². The number of H-pyrrole nitrogens is 12. The number of nitrogens with zero attached hydrogens (tertiary/aromatic N) is 4. The average Bonchev–Trinajstić information content (AvgIpc) is 1.86. The predicted molar refractivity (Wildman–Crippen MR) is 632 cm³/mol. The molecule has 0 fully saturated rings. The lowest BCUT2D eigenvalue weighted by Crippen LogP contribution is -2.12. The van der Waals surface area contributed by atoms with Crippen LogP contribution in [0.1, 0.15) is 426 Å². The molecule has 0 saturated heterocycles. The molecular formula is C128H208N16. The Morgan fingerprint density at radius 1 is 0.215 bits per heavy atom. The first kappa shape index (κ1) is 131. The molecule has 3 aliphatic carbocycles. The number of imidazole rings is 3. The van der Waals surface area contributed by atoms with Gasteiger partial charge in [-0.05, 0) is 176 Å². The van der Waals surface area contributed by atoms with E-state index in [9.17, 15) is 0 Å². The molecule has 0 bridgehead atoms. The molecule has 16 rings (SSSR count). The van der Waals surface area contributed by atoms with Crippen molar-refractivity contribution in [1.29, 1.82) is 0 Å². The van der Waals surface area contributed by atoms with Gasteiger partial charge in [0.25, 0.3) is 0 Å². The zero-order valence-corrected chi connectivity index (χ0v) is 100. The summed E-state index contributed by atoms with van der Waals surface area (Å²) in [5, 5.41) is 0. The molecule has 144 heavy (non-hydrogen) atoms. The largest absolute Gasteiger partial charge is 0.367 e. The second-order valence-electron chi connectivity index (χ2n) is 53.7. The van der Waals surface area contributed by atoms with Crippen LogP contribution in [0.25, 0.3) is 0 Å². The minimum absolute atomic E-state index is 0.156. The van der Waals surface area contributed by atoms with Gasteiger partial charge >= 0.3 is 0 Å². The number of aromatic amines is 12. The molecule has 0 saturated carbocycles. The van der Waals surface area contributed by atoms with Gasteiger partial charge in [0.05, 0.1) is 6.33 Å². The van der Waals surface area contributed by atoms with Crippen molar-refractivity contribution in [2.45, 2.75) is 423 Å². The number of aliphatic imine (C=N–C) groups is 1. The van der Waals surface area contributed by atoms with Gasteiger partial charge in [0, 0.05) is 218 Å². The molecule has 12 N–H and O–H groups in total. The van der Waals surface area contributed by atoms with Crippen LogP contribution in [0.3, 0.4) is 0 Å². The van der Waals surface area contributed by atoms with Gasteiger partial charge < -0.3 is 59.8 Å². The van der Waals surface area contributed by atoms with Gasteiger partial charge in [-0.1, -0.05) is 393 Å². The summed E-state index contributed by atoms with van der Waals surface area (Å²) in [6.07, 6.45) is 63.3. The van der Waals surface area contributed by atoms with Crippen LogP contribution in [-0.2, 0) is 65.0 Å². The van der Waals surface area contributed by atoms with Crippen molar-refractivity contribution in [2.24, 2.45) is 26.7 Å². The zero-order chi connectivity index (χ0) is 110. The number of aromatic nitrogens is 15. The van der Waals surface area contributed by atoms with Crippen LogP contribution in [-0.4, -0.2) is 81.0 Å². The van der Waals surface area contributed by atoms with E-state index in [1.807, 2.05) is 136 Å². The number of nitrogens with one attached hydrogen (secondary N) is 12. The fourth-order valence-electron chi connectivity index (χ4n) is 13.1. The van der Waals surface area contributed by atoms with Gasteiger partial charge in [-0.2, -0.15) is 0 Å². The Hall–Kier alpha value is -11.0. The van der Waals surface area contributed by atoms with Crippen molar-refractivity contribution in [2.75, 3.05) is 0 Å². The van der Waals surface area contributed by atoms with Crippen LogP contribution < -0.4 is 0 Å². The summed E-state index contributed by atoms with van der Waals surface area (Å²) in [5.41, 5.74) is 23.0. The third-order valence-corrected chi connectivity index (χ3v) is 22.9. The van der Waals surface area contributed by atoms with Crippen LogP contribution in [0.2, 0.25) is 0 Å². The maximum atomic E-state index is 4.24. The van der Waals surface area contributed by atoms with E-state index in [4.69, 9.17) is 0 Å². The maximum absolute atomic E-state index is 4.24. The Kier molecular flexibility index (Phi) is 53.1. The predicted octanol–water partition coefficient (Wildman–Crippen LogP) is 37.1. The van der Waals surface area contributed by atoms with Crippen LogP contribution in [0.15, 0.2) is 291 Å². The van der Waals surface area contributed by atoms with Gasteiger partial charge in [0.1, 0.15) is 11.6 Å². The van der Waals surface area contributed by atoms with E-state index in [-0.39, 0.29) is 54.1 Å². The molecule has 16 heteroatoms. The average molecular weight is 1970 g/mol. The van der Waals surface area contributed by atoms with Crippen molar-refractivity contribution in [1.82, 2.24) is 74.8 Å². The summed E-state index contributed by atoms with van der Waals surface area (Å²) in [5.74, 6) is 2.09. The highest BCUT2D eigenvalue weighted by Gasteiger charge is 2.24. The Bertz CT molecular complexity index is 4290. The van der Waals surface area contributed by atoms with Crippen LogP contribution in [0.5, 0.6) is 0 Å². The van der Waals surface area contributed by atoms with Crippen molar-refractivity contribution < 1.29 is 0 Å². The molecule has 12 aromatic rings. The molecule has 0 atom stereocenters. The van der Waals surface area contributed by atoms with Gasteiger partial charge in [0.15, 0.2) is 0 Å². The molecule has 13 heterocycles. The fourth-order valence-corrected chi connectivity index (χ4v) is 13.1. The molecule has 1 aliphatic heterocycles. The minimum atomic E-state index is 0.156. The highest BCUT2D eigenvalue weighted by atomic mass is 14.9. The molecule has 4 aliphatic rings. The van der Waals surface area contributed by atoms with E-state index in [1.165, 1.54) is 79.0 Å². The van der Waals surface area contributed by atoms with Gasteiger partial charge in [-0.15, -0.1) is 0 Å². The summed E-state index contributed by atoms with van der Waals surface area (Å²) in [6.45, 7) is 105. The molecule has 12 aromatic heterocycles. The number of rotatable bonds is 0. The molecule has 0 radical (unpaired) electrons. The van der Waals surface area contributed by atoms with E-state index in [0.29, 0.717) is 32.5 Å². The lowest BCUT2D eigenvalue weighted by molar-refractivity contribution is 0.500. The van der Waals surface area contributed by atoms with E-state index in [1.54, 1.807) is 18.7 Å². The Morgan fingerprint density at radius 3 is 0.542 bits per heavy atom. The summed E-state index contributed by atoms with van der Waals surface area (Å²) < 4.78 is 0. The highest BCUT2D eigenvalue weighted by Crippen LogP contribution is 2.34. The molecule has 0 amide bonds. The molecule has 0 spiro atoms. The van der Waals surface area contributed by atoms with Crippen molar-refractivity contribution in [3.8, 4) is 0 Å². The highest BCUT2D eigenvalue weighted by molar-refractivity contribution is 5.65. The standard InChI is InChI=1S/3C9H14.10C8H13N.3C7H12N2/c3*1-9(2,3)8-6-4-5-7-8;3*1-8(2,3)7-4-5-9-6-7;7*1-8(2,3)7-5-4-6-9-7;1-7(2,3)6-4-8-5-9-6;2*1-7(2,3)6-8-4-5-9-6/h3*4,6-7H,5H2,1-3H3;3*4-6,9H,1-3H3;5-6H,4H2,1-3H3;6*4-6,9H,1-3H3;3*4-5H,1-3H3,(H,8,9). The SMILES string of the molecule is CC(C)(C)C1=CCC=C1.CC(C)(C)C1=CCC=C1.CC(C)(C)C1=CCC=C1.CC(C)(C)C1=CCC=N1.CC(C)(C)c1cc[nH]c1.CC(C)(C)c1cc[nH]c1.CC(C)(C)c1cc[nH]c1.CC(C)(C)c1ccc[nH]1.CC(C)(C)c1ccc[nH]1.CC(C)(C)c1ccc[nH]1.CC(C)(C)c1ccc[nH]1.CC(C)(C)c1ccc[nH]1.CC(C)(C)c1ccc[nH]1.CC(C)(C)c1cnc[nH]1.CC(C)(C)c1ncc[nH]1.CC(C)(C)c1ncc[nH]1. The molecule has 0 aromatic carbocycles. The van der Waals surface area contributed by atoms with Gasteiger partial charge in [-0.3, -0.25) is 4.99 Å². The van der Waals surface area contributed by atoms with Gasteiger partial charge in [-0.25, -0.2) is 15.0 Å². The topological polar surface area (TPSA) is 241 Å². The Balaban J connectivity index is 0.000000768. The van der Waals surface area contributed by atoms with E-state index in [0.717, 1.165) is 37.3 Å². The fraction of sp³-hybridized carbons (Fsp3) is 0.531. The third kappa shape index (κ3) is 57.0. The summed E-state index contributed by atoms with van der Waals surface area (Å²) >= 11 is 0. The zero-order valence-electron chi connectivity index (χ0n) is 100. The summed E-state index contributed by atoms with van der Waals surface area (Å²) in [4.78, 5) is 53.8. The Morgan fingerprint density at radius 2 is 0.458 bits per heavy atom. The van der Waals surface area contributed by atoms with Crippen molar-refractivity contribution in [3.05, 3.63) is 354 Å². The van der Waals surface area contributed by atoms with Gasteiger partial charge in [0.2, 0.25) is 0 Å². The van der Waals surface area contributed by atoms with Crippen LogP contribution in [0, 0.1) is 21.7 Å². The molecule has 800 valence electrons. The third-order valence-electron chi connectivity index (χ3n) is 22.9. The van der Waals surface area contributed by atoms with Crippen LogP contribution in [0.4, 0.5) is 0 Å². The van der Waals surface area contributed by atoms with Crippen LogP contribution >= 0.6 is 0 Å². The maximum Gasteiger partial charge on any atom is 0.111 e. The Labute approximate surface area is 879 Å². The monoisotopic (exact) mass is 1970 g/mol. The number of hydrogen-bond acceptors (Lipinski definition) is 4. The number of allylic oxidation sites excluding steroid dienone is 14. The number of hydrogen-bond donors (Lipinski definition) is 12. The van der Waals surface area contributed by atoms with E-state index >= 15 is 0 Å². The first-order valence-corrected chi connectivity index (χ1v) is 52.2. The smallest absolute Gasteiger partial charge is 0.111 e. The normalized spacial score (nSPS) is 13.5. The molecule has 0 unspecified atom stereocenters. The molecule has 16 nitrogen and oxygen atoms in total. The molecular weight excluding hydrogens is 1760 g/mol. The second-order valence-corrected chi connectivity index (χ2v) is 53.7. The minimum Gasteiger partial charge on any atom is -0.367 e. The lowest BCUT2D eigenvalue weighted by Gasteiger charge is -2.18. The quantitative estimate of drug-likeness (QED) is 0.0710. The first-order valence-electron chi connectivity index (χ1n) is 52.2. The van der Waals surface area contributed by atoms with Crippen molar-refractivity contribution >= 4 is 6.21 Å². The first-order chi connectivity index (χ1) is 65.7. The summed E-state index contributed by atoms with van der Waals surface area (Å²) in [7, 11) is 0. The lowest BCUT2D eigenvalue weighted by atomic mass is 9.87. The second kappa shape index (κ2) is 58.4. The van der Waals surface area contributed by atoms with E-state index < -0.39 is 0 Å².